The lowest BCUT2D eigenvalue weighted by molar-refractivity contribution is -0.438. The van der Waals surface area contributed by atoms with E-state index in [0.717, 1.165) is 52.1 Å². The topological polar surface area (TPSA) is 12.7 Å². The van der Waals surface area contributed by atoms with Crippen LogP contribution in [0.1, 0.15) is 193 Å². The molecule has 5 aromatic rings. The Morgan fingerprint density at radius 2 is 1.01 bits per heavy atom. The number of fused-ring (bicyclic) bond motifs is 4. The van der Waals surface area contributed by atoms with Gasteiger partial charge in [0.25, 0.3) is 0 Å². The van der Waals surface area contributed by atoms with E-state index in [1.54, 1.807) is 0 Å². The van der Waals surface area contributed by atoms with Crippen molar-refractivity contribution in [2.24, 2.45) is 0 Å². The molecule has 2 aliphatic heterocycles. The Bertz CT molecular complexity index is 2480. The highest BCUT2D eigenvalue weighted by atomic mass is 15.2. The molecule has 72 heavy (non-hydrogen) atoms. The molecule has 1 atom stereocenters. The van der Waals surface area contributed by atoms with Crippen LogP contribution in [0.25, 0.3) is 22.9 Å². The van der Waals surface area contributed by atoms with Gasteiger partial charge in [-0.25, -0.2) is 0 Å². The summed E-state index contributed by atoms with van der Waals surface area (Å²) < 4.78 is 2.64. The Balaban J connectivity index is 1.09. The van der Waals surface area contributed by atoms with Gasteiger partial charge in [0.1, 0.15) is 6.54 Å². The van der Waals surface area contributed by atoms with E-state index in [0.29, 0.717) is 0 Å². The van der Waals surface area contributed by atoms with Crippen LogP contribution in [0.2, 0.25) is 0 Å². The average Bonchev–Trinajstić information content (AvgIpc) is 3.75. The van der Waals surface area contributed by atoms with E-state index in [2.05, 4.69) is 208 Å². The number of benzene rings is 5. The molecule has 0 radical (unpaired) electrons. The number of nitrogens with zero attached hydrogens (tertiary/aromatic N) is 4. The van der Waals surface area contributed by atoms with Crippen molar-refractivity contribution in [2.45, 2.75) is 188 Å². The van der Waals surface area contributed by atoms with Crippen molar-refractivity contribution in [3.8, 4) is 0 Å². The molecule has 2 aliphatic rings. The molecule has 0 N–H and O–H groups in total. The van der Waals surface area contributed by atoms with Crippen molar-refractivity contribution in [2.75, 3.05) is 54.0 Å². The summed E-state index contributed by atoms with van der Waals surface area (Å²) in [4.78, 5) is 8.04. The Morgan fingerprint density at radius 1 is 0.500 bits per heavy atom. The van der Waals surface area contributed by atoms with Crippen molar-refractivity contribution in [1.82, 2.24) is 0 Å². The SMILES string of the molecule is CCCCCCN(CCCCCC)c1ccc(C=CC2=[N+](CCCCN3c4ccc5ccccc5c4C(C)(C)C3C=Cc3ccc(N(CCCCCC)CCCCCC)cc3)c3ccccc3C2(C)C)cc1. The average molecular weight is 969 g/mol. The van der Waals surface area contributed by atoms with Crippen LogP contribution in [-0.2, 0) is 10.8 Å². The monoisotopic (exact) mass is 968 g/mol. The molecule has 0 saturated carbocycles. The van der Waals surface area contributed by atoms with Crippen molar-refractivity contribution in [1.29, 1.82) is 0 Å². The van der Waals surface area contributed by atoms with Gasteiger partial charge in [-0.3, -0.25) is 0 Å². The molecule has 4 heteroatoms. The maximum Gasteiger partial charge on any atom is 0.209 e. The van der Waals surface area contributed by atoms with Gasteiger partial charge in [-0.15, -0.1) is 0 Å². The molecule has 0 saturated heterocycles. The van der Waals surface area contributed by atoms with E-state index in [1.807, 2.05) is 0 Å². The summed E-state index contributed by atoms with van der Waals surface area (Å²) in [6.07, 6.45) is 32.8. The first-order chi connectivity index (χ1) is 35.1. The second-order valence-electron chi connectivity index (χ2n) is 22.5. The second-order valence-corrected chi connectivity index (χ2v) is 22.5. The number of allylic oxidation sites excluding steroid dienone is 1. The highest BCUT2D eigenvalue weighted by Crippen LogP contribution is 2.49. The number of hydrogen-bond acceptors (Lipinski definition) is 3. The number of rotatable bonds is 31. The minimum Gasteiger partial charge on any atom is -0.372 e. The molecular weight excluding hydrogens is 873 g/mol. The van der Waals surface area contributed by atoms with Gasteiger partial charge in [0.05, 0.1) is 11.5 Å². The summed E-state index contributed by atoms with van der Waals surface area (Å²) in [5, 5.41) is 2.72. The molecule has 0 amide bonds. The van der Waals surface area contributed by atoms with Crippen LogP contribution in [0.15, 0.2) is 121 Å². The highest BCUT2D eigenvalue weighted by Gasteiger charge is 2.45. The molecule has 0 aromatic heterocycles. The maximum atomic E-state index is 2.74. The molecule has 5 aromatic carbocycles. The zero-order valence-electron chi connectivity index (χ0n) is 46.5. The smallest absolute Gasteiger partial charge is 0.209 e. The van der Waals surface area contributed by atoms with Gasteiger partial charge in [-0.1, -0.05) is 204 Å². The van der Waals surface area contributed by atoms with Crippen LogP contribution >= 0.6 is 0 Å². The second kappa shape index (κ2) is 27.3. The van der Waals surface area contributed by atoms with Gasteiger partial charge in [-0.2, -0.15) is 4.58 Å². The Morgan fingerprint density at radius 3 is 1.57 bits per heavy atom. The van der Waals surface area contributed by atoms with Crippen LogP contribution < -0.4 is 14.7 Å². The normalized spacial score (nSPS) is 15.9. The first-order valence-electron chi connectivity index (χ1n) is 29.2. The summed E-state index contributed by atoms with van der Waals surface area (Å²) >= 11 is 0. The lowest BCUT2D eigenvalue weighted by atomic mass is 9.78. The van der Waals surface area contributed by atoms with Crippen molar-refractivity contribution >= 4 is 51.4 Å². The number of anilines is 3. The fraction of sp³-hybridized carbons (Fsp3) is 0.515. The zero-order valence-corrected chi connectivity index (χ0v) is 46.5. The lowest BCUT2D eigenvalue weighted by Gasteiger charge is -2.32. The molecule has 0 aliphatic carbocycles. The fourth-order valence-electron chi connectivity index (χ4n) is 12.0. The minimum atomic E-state index is -0.0879. The van der Waals surface area contributed by atoms with E-state index >= 15 is 0 Å². The summed E-state index contributed by atoms with van der Waals surface area (Å²) in [5.74, 6) is 0. The lowest BCUT2D eigenvalue weighted by Crippen LogP contribution is -2.40. The molecule has 386 valence electrons. The number of para-hydroxylation sites is 1. The van der Waals surface area contributed by atoms with Crippen molar-refractivity contribution in [3.63, 3.8) is 0 Å². The highest BCUT2D eigenvalue weighted by molar-refractivity contribution is 6.05. The Labute approximate surface area is 439 Å². The van der Waals surface area contributed by atoms with E-state index < -0.39 is 0 Å². The molecule has 1 unspecified atom stereocenters. The molecule has 2 heterocycles. The molecular formula is C68H95N4+. The summed E-state index contributed by atoms with van der Waals surface area (Å²) in [6, 6.07) is 42.1. The predicted octanol–water partition coefficient (Wildman–Crippen LogP) is 18.5. The Hall–Kier alpha value is -5.09. The molecule has 0 fully saturated rings. The van der Waals surface area contributed by atoms with Gasteiger partial charge < -0.3 is 14.7 Å². The summed E-state index contributed by atoms with van der Waals surface area (Å²) in [7, 11) is 0. The minimum absolute atomic E-state index is 0.0656. The number of hydrogen-bond donors (Lipinski definition) is 0. The molecule has 0 spiro atoms. The van der Waals surface area contributed by atoms with Crippen LogP contribution in [0, 0.1) is 0 Å². The van der Waals surface area contributed by atoms with Crippen LogP contribution in [0.5, 0.6) is 0 Å². The third-order valence-corrected chi connectivity index (χ3v) is 16.3. The van der Waals surface area contributed by atoms with Crippen molar-refractivity contribution in [3.05, 3.63) is 144 Å². The van der Waals surface area contributed by atoms with Gasteiger partial charge in [-0.05, 0) is 110 Å². The standard InChI is InChI=1S/C68H95N4/c1-9-13-17-25-49-69(50-26-18-14-10-2)58-42-35-55(36-43-58)39-47-64-67(5,6)61-33-23-24-34-62(61)71(64)53-29-30-54-72-63-46-41-57-31-21-22-32-60(57)66(63)68(7,8)65(72)48-40-56-37-44-59(45-38-56)70(51-27-19-15-11-3)52-28-20-16-12-4/h21-24,31-48,65H,9-20,25-30,49-54H2,1-8H3/q+1. The first-order valence-corrected chi connectivity index (χ1v) is 29.2. The van der Waals surface area contributed by atoms with Gasteiger partial charge in [0, 0.05) is 79.3 Å². The van der Waals surface area contributed by atoms with Crippen LogP contribution in [0.3, 0.4) is 0 Å². The third-order valence-electron chi connectivity index (χ3n) is 16.3. The predicted molar refractivity (Wildman–Crippen MR) is 319 cm³/mol. The first kappa shape index (κ1) is 54.7. The zero-order chi connectivity index (χ0) is 50.8. The van der Waals surface area contributed by atoms with E-state index in [1.165, 1.54) is 164 Å². The molecule has 7 rings (SSSR count). The molecule has 4 nitrogen and oxygen atoms in total. The van der Waals surface area contributed by atoms with Gasteiger partial charge in [0.15, 0.2) is 5.71 Å². The molecule has 0 bridgehead atoms. The van der Waals surface area contributed by atoms with E-state index in [-0.39, 0.29) is 16.9 Å². The third kappa shape index (κ3) is 13.7. The van der Waals surface area contributed by atoms with E-state index in [9.17, 15) is 0 Å². The largest absolute Gasteiger partial charge is 0.372 e. The van der Waals surface area contributed by atoms with Crippen LogP contribution in [0.4, 0.5) is 22.7 Å². The number of unbranched alkanes of at least 4 members (excludes halogenated alkanes) is 13. The fourth-order valence-corrected chi connectivity index (χ4v) is 12.0. The van der Waals surface area contributed by atoms with Crippen LogP contribution in [-0.4, -0.2) is 55.6 Å². The van der Waals surface area contributed by atoms with Gasteiger partial charge in [0.2, 0.25) is 5.69 Å². The Kier molecular flexibility index (Phi) is 20.7. The quantitative estimate of drug-likeness (QED) is 0.0324. The van der Waals surface area contributed by atoms with E-state index in [4.69, 9.17) is 0 Å². The summed E-state index contributed by atoms with van der Waals surface area (Å²) in [6.45, 7) is 25.7. The summed E-state index contributed by atoms with van der Waals surface area (Å²) in [5.41, 5.74) is 12.2. The van der Waals surface area contributed by atoms with Crippen molar-refractivity contribution < 1.29 is 4.58 Å². The van der Waals surface area contributed by atoms with Gasteiger partial charge >= 0.3 is 0 Å². The maximum absolute atomic E-state index is 2.74.